The Hall–Kier alpha value is -3.70. The lowest BCUT2D eigenvalue weighted by Gasteiger charge is -2.24. The van der Waals surface area contributed by atoms with Crippen molar-refractivity contribution in [3.63, 3.8) is 0 Å². The third kappa shape index (κ3) is 6.00. The molecule has 0 radical (unpaired) electrons. The number of nitrogens with zero attached hydrogens (tertiary/aromatic N) is 6. The fraction of sp³-hybridized carbons (Fsp3) is 0.346. The number of hydrogen-bond acceptors (Lipinski definition) is 8. The van der Waals surface area contributed by atoms with E-state index in [1.807, 2.05) is 29.7 Å². The number of amidine groups is 1. The number of thiocarbonyl (C=S) groups is 1. The molecule has 1 aromatic carbocycles. The van der Waals surface area contributed by atoms with Gasteiger partial charge in [0.25, 0.3) is 5.17 Å². The number of ether oxygens (including phenoxy) is 2. The van der Waals surface area contributed by atoms with Gasteiger partial charge in [-0.25, -0.2) is 14.4 Å². The number of rotatable bonds is 7. The van der Waals surface area contributed by atoms with Gasteiger partial charge in [-0.1, -0.05) is 12.1 Å². The maximum Gasteiger partial charge on any atom is 0.261 e. The first-order valence-corrected chi connectivity index (χ1v) is 12.6. The van der Waals surface area contributed by atoms with Gasteiger partial charge in [0.15, 0.2) is 5.84 Å². The van der Waals surface area contributed by atoms with E-state index in [0.717, 1.165) is 35.5 Å². The monoisotopic (exact) mass is 521 g/mol. The van der Waals surface area contributed by atoms with Crippen molar-refractivity contribution in [1.29, 1.82) is 0 Å². The van der Waals surface area contributed by atoms with Crippen molar-refractivity contribution in [2.75, 3.05) is 18.5 Å². The van der Waals surface area contributed by atoms with Crippen molar-refractivity contribution >= 4 is 35.3 Å². The van der Waals surface area contributed by atoms with Crippen LogP contribution >= 0.6 is 12.2 Å². The van der Waals surface area contributed by atoms with Crippen molar-refractivity contribution < 1.29 is 13.9 Å². The summed E-state index contributed by atoms with van der Waals surface area (Å²) in [6.45, 7) is 4.03. The summed E-state index contributed by atoms with van der Waals surface area (Å²) in [5.41, 5.74) is 3.34. The first-order valence-electron chi connectivity index (χ1n) is 12.2. The van der Waals surface area contributed by atoms with E-state index >= 15 is 0 Å². The minimum absolute atomic E-state index is 0.0979. The predicted octanol–water partition coefficient (Wildman–Crippen LogP) is 4.32. The topological polar surface area (TPSA) is 89.2 Å². The van der Waals surface area contributed by atoms with Crippen LogP contribution in [0, 0.1) is 5.82 Å². The van der Waals surface area contributed by atoms with Crippen molar-refractivity contribution in [1.82, 2.24) is 19.4 Å². The number of anilines is 1. The van der Waals surface area contributed by atoms with Crippen LogP contribution in [-0.4, -0.2) is 56.0 Å². The Morgan fingerprint density at radius 2 is 2.22 bits per heavy atom. The van der Waals surface area contributed by atoms with Gasteiger partial charge in [-0.2, -0.15) is 0 Å². The van der Waals surface area contributed by atoms with Crippen LogP contribution in [0.2, 0.25) is 0 Å². The predicted molar refractivity (Wildman–Crippen MR) is 143 cm³/mol. The molecule has 192 valence electrons. The van der Waals surface area contributed by atoms with Crippen LogP contribution in [0.4, 0.5) is 10.1 Å². The van der Waals surface area contributed by atoms with E-state index < -0.39 is 0 Å². The van der Waals surface area contributed by atoms with Crippen LogP contribution in [0.15, 0.2) is 65.1 Å². The Morgan fingerprint density at radius 1 is 1.30 bits per heavy atom. The molecular formula is C26H28FN7O2S. The fourth-order valence-corrected chi connectivity index (χ4v) is 4.64. The van der Waals surface area contributed by atoms with Crippen LogP contribution in [0.1, 0.15) is 42.9 Å². The molecule has 4 heterocycles. The molecule has 0 saturated carbocycles. The molecule has 9 nitrogen and oxygen atoms in total. The van der Waals surface area contributed by atoms with E-state index in [1.54, 1.807) is 37.2 Å². The zero-order chi connectivity index (χ0) is 25.6. The van der Waals surface area contributed by atoms with E-state index in [-0.39, 0.29) is 23.3 Å². The number of halogens is 1. The molecule has 0 bridgehead atoms. The van der Waals surface area contributed by atoms with Gasteiger partial charge in [0.2, 0.25) is 0 Å². The minimum Gasteiger partial charge on any atom is -0.468 e. The number of aliphatic imine (C=N–C) groups is 2. The Bertz CT molecular complexity index is 1300. The highest BCUT2D eigenvalue weighted by molar-refractivity contribution is 7.80. The molecule has 0 aliphatic carbocycles. The van der Waals surface area contributed by atoms with Gasteiger partial charge in [-0.05, 0) is 61.8 Å². The molecule has 11 heteroatoms. The molecule has 3 aromatic rings. The summed E-state index contributed by atoms with van der Waals surface area (Å²) in [6, 6.07) is 10.3. The first kappa shape index (κ1) is 25.0. The first-order chi connectivity index (χ1) is 18.1. The quantitative estimate of drug-likeness (QED) is 0.463. The summed E-state index contributed by atoms with van der Waals surface area (Å²) in [7, 11) is 0. The third-order valence-electron chi connectivity index (χ3n) is 6.26. The van der Waals surface area contributed by atoms with Gasteiger partial charge in [0, 0.05) is 19.3 Å². The summed E-state index contributed by atoms with van der Waals surface area (Å²) in [6.07, 6.45) is 8.10. The summed E-state index contributed by atoms with van der Waals surface area (Å²) in [5, 5.41) is 3.30. The Balaban J connectivity index is 1.24. The molecule has 0 spiro atoms. The van der Waals surface area contributed by atoms with Crippen molar-refractivity contribution in [2.24, 2.45) is 9.98 Å². The molecule has 2 aliphatic heterocycles. The second-order valence-corrected chi connectivity index (χ2v) is 9.13. The van der Waals surface area contributed by atoms with Gasteiger partial charge < -0.3 is 24.3 Å². The summed E-state index contributed by atoms with van der Waals surface area (Å²) in [4.78, 5) is 19.9. The molecule has 2 atom stereocenters. The Kier molecular flexibility index (Phi) is 7.81. The number of benzene rings is 1. The van der Waals surface area contributed by atoms with Gasteiger partial charge in [-0.15, -0.1) is 0 Å². The van der Waals surface area contributed by atoms with Crippen molar-refractivity contribution in [3.05, 3.63) is 77.9 Å². The zero-order valence-corrected chi connectivity index (χ0v) is 21.3. The molecule has 1 saturated heterocycles. The van der Waals surface area contributed by atoms with Crippen LogP contribution in [0.3, 0.4) is 0 Å². The van der Waals surface area contributed by atoms with Gasteiger partial charge in [0.1, 0.15) is 30.7 Å². The summed E-state index contributed by atoms with van der Waals surface area (Å²) in [5.74, 6) is 0.458. The molecule has 2 unspecified atom stereocenters. The molecule has 1 N–H and O–H groups in total. The third-order valence-corrected chi connectivity index (χ3v) is 6.48. The average Bonchev–Trinajstić information content (AvgIpc) is 3.49. The number of pyridine rings is 1. The molecular weight excluding hydrogens is 493 g/mol. The van der Waals surface area contributed by atoms with Gasteiger partial charge in [-0.3, -0.25) is 9.98 Å². The largest absolute Gasteiger partial charge is 0.468 e. The average molecular weight is 522 g/mol. The van der Waals surface area contributed by atoms with E-state index in [9.17, 15) is 4.39 Å². The molecule has 2 aromatic heterocycles. The standard InChI is InChI=1S/C26H28FN7O2S/c1-2-33(14-18-5-3-6-19(27)11-18)25-24-22(13-29-16-30-25)34(17-31-24)23-9-8-21(36-23)15-35-26(37)32-20-7-4-10-28-12-20/h3-7,10-12,16-17,21,23H,2,8-9,13-15H2,1H3,(H,32,37). The summed E-state index contributed by atoms with van der Waals surface area (Å²) < 4.78 is 27.8. The highest BCUT2D eigenvalue weighted by Gasteiger charge is 2.31. The van der Waals surface area contributed by atoms with Crippen LogP contribution < -0.4 is 5.32 Å². The Morgan fingerprint density at radius 3 is 3.03 bits per heavy atom. The second kappa shape index (κ2) is 11.6. The SMILES string of the molecule is CCN(Cc1cccc(F)c1)C1=NC=NCc2c1ncn2C1CCC(COC(=S)Nc2cccnc2)O1. The minimum atomic E-state index is -0.256. The van der Waals surface area contributed by atoms with Crippen LogP contribution in [0.25, 0.3) is 0 Å². The van der Waals surface area contributed by atoms with E-state index in [1.165, 1.54) is 6.07 Å². The fourth-order valence-electron chi connectivity index (χ4n) is 4.46. The number of nitrogens with one attached hydrogen (secondary N) is 1. The van der Waals surface area contributed by atoms with Gasteiger partial charge in [0.05, 0.1) is 36.6 Å². The van der Waals surface area contributed by atoms with Crippen molar-refractivity contribution in [3.8, 4) is 0 Å². The lowest BCUT2D eigenvalue weighted by atomic mass is 10.2. The lowest BCUT2D eigenvalue weighted by Crippen LogP contribution is -2.32. The maximum absolute atomic E-state index is 13.8. The molecule has 0 amide bonds. The number of fused-ring (bicyclic) bond motifs is 1. The maximum atomic E-state index is 13.8. The molecule has 37 heavy (non-hydrogen) atoms. The smallest absolute Gasteiger partial charge is 0.261 e. The Labute approximate surface area is 220 Å². The van der Waals surface area contributed by atoms with Crippen LogP contribution in [-0.2, 0) is 22.6 Å². The van der Waals surface area contributed by atoms with E-state index in [2.05, 4.69) is 25.2 Å². The molecule has 2 aliphatic rings. The second-order valence-electron chi connectivity index (χ2n) is 8.76. The van der Waals surface area contributed by atoms with Crippen molar-refractivity contribution in [2.45, 2.75) is 45.2 Å². The zero-order valence-electron chi connectivity index (χ0n) is 20.5. The lowest BCUT2D eigenvalue weighted by molar-refractivity contribution is -0.0203. The molecule has 1 fully saturated rings. The highest BCUT2D eigenvalue weighted by atomic mass is 32.1. The molecule has 5 rings (SSSR count). The summed E-state index contributed by atoms with van der Waals surface area (Å²) >= 11 is 5.29. The normalized spacial score (nSPS) is 18.6. The highest BCUT2D eigenvalue weighted by Crippen LogP contribution is 2.31. The van der Waals surface area contributed by atoms with Crippen LogP contribution in [0.5, 0.6) is 0 Å². The number of imidazole rings is 1. The number of hydrogen-bond donors (Lipinski definition) is 1. The number of aromatic nitrogens is 3. The van der Waals surface area contributed by atoms with E-state index in [0.29, 0.717) is 32.1 Å². The van der Waals surface area contributed by atoms with E-state index in [4.69, 9.17) is 26.7 Å². The van der Waals surface area contributed by atoms with Gasteiger partial charge >= 0.3 is 0 Å².